The van der Waals surface area contributed by atoms with Crippen LogP contribution in [0.5, 0.6) is 0 Å². The minimum Gasteiger partial charge on any atom is -0.469 e. The largest absolute Gasteiger partial charge is 0.469 e. The van der Waals surface area contributed by atoms with Crippen LogP contribution >= 0.6 is 0 Å². The van der Waals surface area contributed by atoms with Gasteiger partial charge in [0.05, 0.1) is 25.4 Å². The van der Waals surface area contributed by atoms with E-state index >= 15 is 4.39 Å². The second kappa shape index (κ2) is 12.3. The third-order valence-electron chi connectivity index (χ3n) is 5.22. The molecule has 1 rings (SSSR count). The summed E-state index contributed by atoms with van der Waals surface area (Å²) in [6.45, 7) is 2.07. The number of aliphatic hydroxyl groups excluding tert-OH is 3. The van der Waals surface area contributed by atoms with Gasteiger partial charge in [-0.15, -0.1) is 0 Å². The molecular weight excluding hydrogens is 351 g/mol. The maximum Gasteiger partial charge on any atom is 0.305 e. The number of aliphatic hydroxyl groups is 3. The lowest BCUT2D eigenvalue weighted by Crippen LogP contribution is -2.38. The van der Waals surface area contributed by atoms with Crippen LogP contribution in [0.3, 0.4) is 0 Å². The normalized spacial score (nSPS) is 29.6. The SMILES string of the molecule is CCCCC[C@@H](O)/C=C/[C@@]1(F)[C@H](O)C[C@H](O)[C@@H]1C/C=C\CCCC(=O)OC. The van der Waals surface area contributed by atoms with E-state index in [9.17, 15) is 20.1 Å². The number of carbonyl (C=O) groups excluding carboxylic acids is 1. The van der Waals surface area contributed by atoms with E-state index in [1.165, 1.54) is 19.3 Å². The average molecular weight is 387 g/mol. The molecule has 1 aliphatic carbocycles. The van der Waals surface area contributed by atoms with Gasteiger partial charge < -0.3 is 20.1 Å². The molecule has 5 atom stereocenters. The van der Waals surface area contributed by atoms with Gasteiger partial charge in [-0.2, -0.15) is 0 Å². The molecule has 0 spiro atoms. The molecule has 0 unspecified atom stereocenters. The number of allylic oxidation sites excluding steroid dienone is 2. The Hall–Kier alpha value is -1.24. The van der Waals surface area contributed by atoms with Gasteiger partial charge in [-0.3, -0.25) is 4.79 Å². The number of unbranched alkanes of at least 4 members (excludes halogenated alkanes) is 3. The second-order valence-electron chi connectivity index (χ2n) is 7.35. The fraction of sp³-hybridized carbons (Fsp3) is 0.762. The van der Waals surface area contributed by atoms with Crippen LogP contribution in [0.25, 0.3) is 0 Å². The quantitative estimate of drug-likeness (QED) is 0.272. The molecule has 0 aromatic heterocycles. The highest BCUT2D eigenvalue weighted by atomic mass is 19.1. The molecule has 156 valence electrons. The molecule has 0 heterocycles. The van der Waals surface area contributed by atoms with E-state index in [4.69, 9.17) is 0 Å². The first-order chi connectivity index (χ1) is 12.8. The van der Waals surface area contributed by atoms with Crippen LogP contribution in [0.15, 0.2) is 24.3 Å². The van der Waals surface area contributed by atoms with Crippen LogP contribution in [-0.2, 0) is 9.53 Å². The Kier molecular flexibility index (Phi) is 10.8. The average Bonchev–Trinajstić information content (AvgIpc) is 2.85. The van der Waals surface area contributed by atoms with Gasteiger partial charge in [0.1, 0.15) is 0 Å². The lowest BCUT2D eigenvalue weighted by Gasteiger charge is -2.27. The number of hydrogen-bond donors (Lipinski definition) is 3. The summed E-state index contributed by atoms with van der Waals surface area (Å²) in [6.07, 6.45) is 8.67. The summed E-state index contributed by atoms with van der Waals surface area (Å²) in [6, 6.07) is 0. The minimum atomic E-state index is -2.05. The Morgan fingerprint density at radius 1 is 1.30 bits per heavy atom. The molecule has 0 saturated heterocycles. The summed E-state index contributed by atoms with van der Waals surface area (Å²) >= 11 is 0. The highest BCUT2D eigenvalue weighted by molar-refractivity contribution is 5.69. The Balaban J connectivity index is 2.58. The molecule has 5 nitrogen and oxygen atoms in total. The predicted octanol–water partition coefficient (Wildman–Crippen LogP) is 3.22. The van der Waals surface area contributed by atoms with E-state index < -0.39 is 29.9 Å². The van der Waals surface area contributed by atoms with E-state index in [1.54, 1.807) is 6.08 Å². The van der Waals surface area contributed by atoms with Crippen LogP contribution in [0.2, 0.25) is 0 Å². The van der Waals surface area contributed by atoms with Crippen molar-refractivity contribution in [2.75, 3.05) is 7.11 Å². The molecule has 0 amide bonds. The number of ether oxygens (including phenoxy) is 1. The number of esters is 1. The summed E-state index contributed by atoms with van der Waals surface area (Å²) in [4.78, 5) is 11.0. The number of rotatable bonds is 12. The zero-order valence-corrected chi connectivity index (χ0v) is 16.5. The second-order valence-corrected chi connectivity index (χ2v) is 7.35. The van der Waals surface area contributed by atoms with Gasteiger partial charge in [0.2, 0.25) is 0 Å². The zero-order valence-electron chi connectivity index (χ0n) is 16.5. The first-order valence-corrected chi connectivity index (χ1v) is 9.99. The van der Waals surface area contributed by atoms with Gasteiger partial charge in [-0.1, -0.05) is 44.4 Å². The van der Waals surface area contributed by atoms with Gasteiger partial charge in [0, 0.05) is 18.8 Å². The number of carbonyl (C=O) groups is 1. The maximum atomic E-state index is 15.4. The Morgan fingerprint density at radius 2 is 2.04 bits per heavy atom. The van der Waals surface area contributed by atoms with Crippen molar-refractivity contribution in [1.29, 1.82) is 0 Å². The third-order valence-corrected chi connectivity index (χ3v) is 5.22. The third kappa shape index (κ3) is 7.72. The smallest absolute Gasteiger partial charge is 0.305 e. The van der Waals surface area contributed by atoms with Crippen molar-refractivity contribution < 1.29 is 29.2 Å². The molecule has 3 N–H and O–H groups in total. The van der Waals surface area contributed by atoms with Crippen molar-refractivity contribution in [3.8, 4) is 0 Å². The molecule has 0 aliphatic heterocycles. The summed E-state index contributed by atoms with van der Waals surface area (Å²) in [5.74, 6) is -1.02. The number of alkyl halides is 1. The van der Waals surface area contributed by atoms with E-state index in [1.807, 2.05) is 6.08 Å². The van der Waals surface area contributed by atoms with Crippen LogP contribution < -0.4 is 0 Å². The molecule has 0 aromatic carbocycles. The monoisotopic (exact) mass is 386 g/mol. The predicted molar refractivity (Wildman–Crippen MR) is 103 cm³/mol. The van der Waals surface area contributed by atoms with Crippen molar-refractivity contribution in [2.45, 2.75) is 88.7 Å². The number of halogens is 1. The lowest BCUT2D eigenvalue weighted by atomic mass is 9.86. The molecule has 0 bridgehead atoms. The van der Waals surface area contributed by atoms with E-state index in [0.29, 0.717) is 25.7 Å². The maximum absolute atomic E-state index is 15.4. The van der Waals surface area contributed by atoms with Crippen LogP contribution in [0.1, 0.15) is 64.7 Å². The highest BCUT2D eigenvalue weighted by Gasteiger charge is 2.53. The van der Waals surface area contributed by atoms with Crippen LogP contribution in [-0.4, -0.2) is 52.4 Å². The first-order valence-electron chi connectivity index (χ1n) is 9.99. The van der Waals surface area contributed by atoms with Crippen molar-refractivity contribution >= 4 is 5.97 Å². The molecular formula is C21H35FO5. The van der Waals surface area contributed by atoms with Gasteiger partial charge in [0.25, 0.3) is 0 Å². The van der Waals surface area contributed by atoms with Gasteiger partial charge in [-0.05, 0) is 31.8 Å². The molecule has 1 saturated carbocycles. The summed E-state index contributed by atoms with van der Waals surface area (Å²) in [5.41, 5.74) is -2.05. The highest BCUT2D eigenvalue weighted by Crippen LogP contribution is 2.43. The van der Waals surface area contributed by atoms with Crippen molar-refractivity contribution in [3.63, 3.8) is 0 Å². The molecule has 27 heavy (non-hydrogen) atoms. The Morgan fingerprint density at radius 3 is 2.70 bits per heavy atom. The fourth-order valence-electron chi connectivity index (χ4n) is 3.47. The molecule has 1 fully saturated rings. The van der Waals surface area contributed by atoms with Crippen LogP contribution in [0, 0.1) is 5.92 Å². The van der Waals surface area contributed by atoms with Gasteiger partial charge in [0.15, 0.2) is 5.67 Å². The molecule has 0 aromatic rings. The van der Waals surface area contributed by atoms with Gasteiger partial charge in [-0.25, -0.2) is 4.39 Å². The first kappa shape index (κ1) is 23.8. The fourth-order valence-corrected chi connectivity index (χ4v) is 3.47. The Bertz CT molecular complexity index is 493. The topological polar surface area (TPSA) is 87.0 Å². The number of methoxy groups -OCH3 is 1. The Labute approximate surface area is 161 Å². The summed E-state index contributed by atoms with van der Waals surface area (Å²) in [5, 5.41) is 30.2. The van der Waals surface area contributed by atoms with Crippen molar-refractivity contribution in [1.82, 2.24) is 0 Å². The van der Waals surface area contributed by atoms with Gasteiger partial charge >= 0.3 is 5.97 Å². The van der Waals surface area contributed by atoms with Crippen LogP contribution in [0.4, 0.5) is 4.39 Å². The zero-order chi connectivity index (χ0) is 20.3. The van der Waals surface area contributed by atoms with E-state index in [-0.39, 0.29) is 18.8 Å². The van der Waals surface area contributed by atoms with Crippen molar-refractivity contribution in [2.24, 2.45) is 5.92 Å². The molecule has 1 aliphatic rings. The standard InChI is InChI=1S/C21H35FO5/c1-3-4-7-10-16(23)13-14-21(22)17(18(24)15-19(21)25)11-8-5-6-9-12-20(26)27-2/h5,8,13-14,16-19,23-25H,3-4,6-7,9-12,15H2,1-2H3/b8-5-,14-13+/t16-,17+,18+,19-,21+/m1/s1. The summed E-state index contributed by atoms with van der Waals surface area (Å²) in [7, 11) is 1.35. The minimum absolute atomic E-state index is 0.0202. The van der Waals surface area contributed by atoms with Crippen molar-refractivity contribution in [3.05, 3.63) is 24.3 Å². The van der Waals surface area contributed by atoms with E-state index in [0.717, 1.165) is 19.3 Å². The molecule has 6 heteroatoms. The molecule has 0 radical (unpaired) electrons. The summed E-state index contributed by atoms with van der Waals surface area (Å²) < 4.78 is 20.0. The lowest BCUT2D eigenvalue weighted by molar-refractivity contribution is -0.140. The number of hydrogen-bond acceptors (Lipinski definition) is 5. The van der Waals surface area contributed by atoms with E-state index in [2.05, 4.69) is 11.7 Å².